The molecule has 2 aromatic rings. The number of hydrogen-bond acceptors (Lipinski definition) is 5. The first-order valence-electron chi connectivity index (χ1n) is 8.62. The van der Waals surface area contributed by atoms with E-state index in [0.717, 1.165) is 18.7 Å². The molecule has 2 heterocycles. The van der Waals surface area contributed by atoms with Gasteiger partial charge in [0.25, 0.3) is 0 Å². The number of rotatable bonds is 4. The molecule has 7 heteroatoms. The molecule has 2 N–H and O–H groups in total. The van der Waals surface area contributed by atoms with Crippen LogP contribution in [0.15, 0.2) is 29.4 Å². The second kappa shape index (κ2) is 7.47. The second-order valence-corrected chi connectivity index (χ2v) is 8.02. The molecular weight excluding hydrogens is 334 g/mol. The molecule has 6 nitrogen and oxygen atoms in total. The molecule has 1 aromatic carbocycles. The number of amides is 1. The fourth-order valence-electron chi connectivity index (χ4n) is 3.36. The van der Waals surface area contributed by atoms with Crippen LogP contribution in [-0.4, -0.2) is 44.5 Å². The number of carbonyl (C=O) groups is 1. The summed E-state index contributed by atoms with van der Waals surface area (Å²) in [4.78, 5) is 14.5. The van der Waals surface area contributed by atoms with Crippen molar-refractivity contribution < 1.29 is 4.79 Å². The lowest BCUT2D eigenvalue weighted by Gasteiger charge is -2.34. The Bertz CT molecular complexity index is 732. The molecule has 3 rings (SSSR count). The van der Waals surface area contributed by atoms with Crippen LogP contribution in [0.4, 0.5) is 0 Å². The number of piperidine rings is 1. The van der Waals surface area contributed by atoms with Crippen molar-refractivity contribution in [2.45, 2.75) is 32.3 Å². The Morgan fingerprint density at radius 3 is 2.48 bits per heavy atom. The molecule has 0 radical (unpaired) electrons. The van der Waals surface area contributed by atoms with E-state index >= 15 is 0 Å². The van der Waals surface area contributed by atoms with Crippen molar-refractivity contribution in [2.24, 2.45) is 11.8 Å². The van der Waals surface area contributed by atoms with Crippen LogP contribution in [0.2, 0.25) is 0 Å². The van der Waals surface area contributed by atoms with Crippen molar-refractivity contribution in [3.05, 3.63) is 29.8 Å². The number of nitrogens with zero attached hydrogens (tertiary/aromatic N) is 4. The molecule has 1 aromatic heterocycles. The summed E-state index contributed by atoms with van der Waals surface area (Å²) in [7, 11) is 0. The number of aromatic nitrogens is 3. The van der Waals surface area contributed by atoms with Crippen LogP contribution in [-0.2, 0) is 4.79 Å². The van der Waals surface area contributed by atoms with Crippen molar-refractivity contribution >= 4 is 17.7 Å². The highest BCUT2D eigenvalue weighted by Gasteiger charge is 2.25. The molecule has 1 saturated heterocycles. The summed E-state index contributed by atoms with van der Waals surface area (Å²) in [6.07, 6.45) is 1.19. The van der Waals surface area contributed by atoms with Crippen LogP contribution >= 0.6 is 11.8 Å². The summed E-state index contributed by atoms with van der Waals surface area (Å²) in [5, 5.41) is 8.87. The first-order valence-corrected chi connectivity index (χ1v) is 9.60. The first kappa shape index (κ1) is 17.8. The van der Waals surface area contributed by atoms with Gasteiger partial charge >= 0.3 is 0 Å². The molecule has 2 unspecified atom stereocenters. The highest BCUT2D eigenvalue weighted by atomic mass is 32.2. The van der Waals surface area contributed by atoms with Crippen molar-refractivity contribution in [3.63, 3.8) is 0 Å². The number of thioether (sulfide) groups is 1. The molecule has 25 heavy (non-hydrogen) atoms. The van der Waals surface area contributed by atoms with Crippen molar-refractivity contribution in [3.8, 4) is 11.4 Å². The van der Waals surface area contributed by atoms with E-state index in [0.29, 0.717) is 28.6 Å². The Labute approximate surface area is 152 Å². The van der Waals surface area contributed by atoms with E-state index in [-0.39, 0.29) is 5.91 Å². The van der Waals surface area contributed by atoms with Crippen LogP contribution in [0.3, 0.4) is 0 Å². The topological polar surface area (TPSA) is 77.0 Å². The van der Waals surface area contributed by atoms with Gasteiger partial charge in [0.1, 0.15) is 0 Å². The van der Waals surface area contributed by atoms with E-state index in [1.54, 1.807) is 0 Å². The average Bonchev–Trinajstić information content (AvgIpc) is 2.93. The Hall–Kier alpha value is -2.02. The highest BCUT2D eigenvalue weighted by molar-refractivity contribution is 7.99. The summed E-state index contributed by atoms with van der Waals surface area (Å²) >= 11 is 1.34. The van der Waals surface area contributed by atoms with Gasteiger partial charge in [0.15, 0.2) is 5.82 Å². The number of likely N-dealkylation sites (tertiary alicyclic amines) is 1. The summed E-state index contributed by atoms with van der Waals surface area (Å²) in [6.45, 7) is 8.12. The molecule has 134 valence electrons. The summed E-state index contributed by atoms with van der Waals surface area (Å²) < 4.78 is 1.46. The van der Waals surface area contributed by atoms with E-state index in [1.165, 1.54) is 28.4 Å². The minimum Gasteiger partial charge on any atom is -0.341 e. The van der Waals surface area contributed by atoms with E-state index in [2.05, 4.69) is 24.0 Å². The predicted molar refractivity (Wildman–Crippen MR) is 101 cm³/mol. The van der Waals surface area contributed by atoms with E-state index in [1.807, 2.05) is 36.1 Å². The van der Waals surface area contributed by atoms with Gasteiger partial charge in [-0.2, -0.15) is 0 Å². The summed E-state index contributed by atoms with van der Waals surface area (Å²) in [5.41, 5.74) is 2.09. The Balaban J connectivity index is 1.64. The summed E-state index contributed by atoms with van der Waals surface area (Å²) in [6, 6.07) is 7.97. The quantitative estimate of drug-likeness (QED) is 0.671. The number of aryl methyl sites for hydroxylation is 1. The third kappa shape index (κ3) is 4.15. The number of nitrogen functional groups attached to an aromatic ring is 1. The minimum absolute atomic E-state index is 0.142. The lowest BCUT2D eigenvalue weighted by Crippen LogP contribution is -2.43. The monoisotopic (exact) mass is 359 g/mol. The molecule has 1 aliphatic rings. The van der Waals surface area contributed by atoms with Gasteiger partial charge in [-0.3, -0.25) is 4.79 Å². The third-order valence-corrected chi connectivity index (χ3v) is 5.45. The molecular formula is C18H25N5OS. The Morgan fingerprint density at radius 1 is 1.20 bits per heavy atom. The fraction of sp³-hybridized carbons (Fsp3) is 0.500. The first-order chi connectivity index (χ1) is 11.9. The van der Waals surface area contributed by atoms with Crippen molar-refractivity contribution in [2.75, 3.05) is 24.7 Å². The van der Waals surface area contributed by atoms with Gasteiger partial charge in [-0.1, -0.05) is 55.4 Å². The second-order valence-electron chi connectivity index (χ2n) is 7.08. The maximum Gasteiger partial charge on any atom is 0.233 e. The molecule has 1 aliphatic heterocycles. The Kier molecular flexibility index (Phi) is 5.32. The zero-order chi connectivity index (χ0) is 18.0. The van der Waals surface area contributed by atoms with Gasteiger partial charge in [-0.25, -0.2) is 4.68 Å². The van der Waals surface area contributed by atoms with Crippen LogP contribution in [0.5, 0.6) is 0 Å². The normalized spacial score (nSPS) is 20.7. The standard InChI is InChI=1S/C18H25N5OS/c1-12-4-6-15(7-5-12)17-20-21-18(23(17)19)25-11-16(24)22-9-13(2)8-14(3)10-22/h4-7,13-14H,8-11,19H2,1-3H3. The third-order valence-electron chi connectivity index (χ3n) is 4.52. The number of carbonyl (C=O) groups excluding carboxylic acids is 1. The van der Waals surface area contributed by atoms with Gasteiger partial charge in [0, 0.05) is 18.7 Å². The van der Waals surface area contributed by atoms with E-state index in [4.69, 9.17) is 5.84 Å². The van der Waals surface area contributed by atoms with Crippen molar-refractivity contribution in [1.29, 1.82) is 0 Å². The van der Waals surface area contributed by atoms with E-state index in [9.17, 15) is 4.79 Å². The molecule has 0 aliphatic carbocycles. The van der Waals surface area contributed by atoms with Crippen LogP contribution < -0.4 is 5.84 Å². The lowest BCUT2D eigenvalue weighted by atomic mass is 9.92. The van der Waals surface area contributed by atoms with Crippen molar-refractivity contribution in [1.82, 2.24) is 19.8 Å². The zero-order valence-corrected chi connectivity index (χ0v) is 15.8. The van der Waals surface area contributed by atoms with Gasteiger partial charge in [0.05, 0.1) is 5.75 Å². The van der Waals surface area contributed by atoms with Crippen LogP contribution in [0.25, 0.3) is 11.4 Å². The molecule has 0 spiro atoms. The van der Waals surface area contributed by atoms with Gasteiger partial charge in [-0.05, 0) is 25.2 Å². The van der Waals surface area contributed by atoms with Crippen LogP contribution in [0.1, 0.15) is 25.8 Å². The molecule has 0 bridgehead atoms. The fourth-order valence-corrected chi connectivity index (χ4v) is 4.12. The summed E-state index contributed by atoms with van der Waals surface area (Å²) in [5.74, 6) is 8.33. The average molecular weight is 359 g/mol. The van der Waals surface area contributed by atoms with Gasteiger partial charge in [0.2, 0.25) is 11.1 Å². The highest BCUT2D eigenvalue weighted by Crippen LogP contribution is 2.24. The molecule has 2 atom stereocenters. The minimum atomic E-state index is 0.142. The maximum atomic E-state index is 12.5. The largest absolute Gasteiger partial charge is 0.341 e. The number of benzene rings is 1. The SMILES string of the molecule is Cc1ccc(-c2nnc(SCC(=O)N3CC(C)CC(C)C3)n2N)cc1. The van der Waals surface area contributed by atoms with Gasteiger partial charge < -0.3 is 10.7 Å². The lowest BCUT2D eigenvalue weighted by molar-refractivity contribution is -0.130. The van der Waals surface area contributed by atoms with Gasteiger partial charge in [-0.15, -0.1) is 10.2 Å². The molecule has 0 saturated carbocycles. The number of hydrogen-bond donors (Lipinski definition) is 1. The zero-order valence-electron chi connectivity index (χ0n) is 15.0. The van der Waals surface area contributed by atoms with E-state index < -0.39 is 0 Å². The predicted octanol–water partition coefficient (Wildman–Crippen LogP) is 2.56. The Morgan fingerprint density at radius 2 is 1.84 bits per heavy atom. The molecule has 1 fully saturated rings. The number of nitrogens with two attached hydrogens (primary N) is 1. The van der Waals surface area contributed by atoms with Crippen LogP contribution in [0, 0.1) is 18.8 Å². The molecule has 1 amide bonds. The maximum absolute atomic E-state index is 12.5. The smallest absolute Gasteiger partial charge is 0.233 e.